The monoisotopic (exact) mass is 393 g/mol. The predicted molar refractivity (Wildman–Crippen MR) is 113 cm³/mol. The van der Waals surface area contributed by atoms with E-state index in [1.807, 2.05) is 50.5 Å². The molecule has 1 saturated carbocycles. The van der Waals surface area contributed by atoms with E-state index in [1.165, 1.54) is 5.56 Å². The molecule has 0 aliphatic heterocycles. The second kappa shape index (κ2) is 7.52. The van der Waals surface area contributed by atoms with Gasteiger partial charge in [-0.1, -0.05) is 43.3 Å². The fourth-order valence-electron chi connectivity index (χ4n) is 4.05. The van der Waals surface area contributed by atoms with Crippen LogP contribution in [0.4, 0.5) is 0 Å². The fourth-order valence-corrected chi connectivity index (χ4v) is 4.05. The number of carbonyl (C=O) groups excluding carboxylic acids is 1. The number of H-pyrrole nitrogens is 1. The van der Waals surface area contributed by atoms with E-state index in [-0.39, 0.29) is 23.3 Å². The minimum Gasteiger partial charge on any atom is -0.408 e. The zero-order valence-corrected chi connectivity index (χ0v) is 17.1. The van der Waals surface area contributed by atoms with Gasteiger partial charge in [-0.25, -0.2) is 4.79 Å². The van der Waals surface area contributed by atoms with Gasteiger partial charge in [0.1, 0.15) is 0 Å². The maximum atomic E-state index is 12.8. The standard InChI is InChI=1S/C23H27N3O3/c1-23(16-7-5-4-6-8-16)13-18(23)21(27)24-14-17(26(2)3)11-15-9-10-19-20(12-15)29-22(28)25-19/h4-10,12,17-18H,11,13-14H2,1-3H3,(H,24,27)(H,25,28)/t17-,18-,23-/m0/s1. The quantitative estimate of drug-likeness (QED) is 0.647. The molecule has 2 N–H and O–H groups in total. The second-order valence-electron chi connectivity index (χ2n) is 8.45. The summed E-state index contributed by atoms with van der Waals surface area (Å²) in [6.45, 7) is 2.73. The van der Waals surface area contributed by atoms with Crippen molar-refractivity contribution >= 4 is 17.0 Å². The topological polar surface area (TPSA) is 78.3 Å². The highest BCUT2D eigenvalue weighted by Crippen LogP contribution is 2.53. The lowest BCUT2D eigenvalue weighted by Gasteiger charge is -2.25. The van der Waals surface area contributed by atoms with Crippen LogP contribution in [0.15, 0.2) is 57.7 Å². The van der Waals surface area contributed by atoms with Gasteiger partial charge < -0.3 is 14.6 Å². The van der Waals surface area contributed by atoms with Crippen LogP contribution in [0.25, 0.3) is 11.1 Å². The van der Waals surface area contributed by atoms with Gasteiger partial charge in [-0.05, 0) is 50.2 Å². The average Bonchev–Trinajstić information content (AvgIpc) is 3.26. The summed E-state index contributed by atoms with van der Waals surface area (Å²) in [4.78, 5) is 28.9. The van der Waals surface area contributed by atoms with Crippen molar-refractivity contribution < 1.29 is 9.21 Å². The van der Waals surface area contributed by atoms with Gasteiger partial charge in [-0.3, -0.25) is 9.78 Å². The van der Waals surface area contributed by atoms with Crippen molar-refractivity contribution in [1.29, 1.82) is 0 Å². The second-order valence-corrected chi connectivity index (χ2v) is 8.45. The number of fused-ring (bicyclic) bond motifs is 1. The highest BCUT2D eigenvalue weighted by molar-refractivity contribution is 5.84. The number of likely N-dealkylation sites (N-methyl/N-ethyl adjacent to an activating group) is 1. The zero-order chi connectivity index (χ0) is 20.6. The minimum atomic E-state index is -0.445. The van der Waals surface area contributed by atoms with E-state index in [0.717, 1.165) is 18.4 Å². The van der Waals surface area contributed by atoms with E-state index in [1.54, 1.807) is 0 Å². The highest BCUT2D eigenvalue weighted by atomic mass is 16.4. The van der Waals surface area contributed by atoms with E-state index in [2.05, 4.69) is 34.3 Å². The lowest BCUT2D eigenvalue weighted by atomic mass is 9.95. The van der Waals surface area contributed by atoms with Crippen LogP contribution in [0.5, 0.6) is 0 Å². The molecule has 0 spiro atoms. The Morgan fingerprint density at radius 2 is 2.03 bits per heavy atom. The van der Waals surface area contributed by atoms with Crippen LogP contribution >= 0.6 is 0 Å². The van der Waals surface area contributed by atoms with Crippen LogP contribution in [0, 0.1) is 5.92 Å². The fraction of sp³-hybridized carbons (Fsp3) is 0.391. The third-order valence-corrected chi connectivity index (χ3v) is 6.19. The van der Waals surface area contributed by atoms with Crippen LogP contribution in [0.1, 0.15) is 24.5 Å². The number of carbonyl (C=O) groups is 1. The number of hydrogen-bond donors (Lipinski definition) is 2. The van der Waals surface area contributed by atoms with Crippen molar-refractivity contribution in [2.45, 2.75) is 31.2 Å². The summed E-state index contributed by atoms with van der Waals surface area (Å²) in [6.07, 6.45) is 1.64. The van der Waals surface area contributed by atoms with Crippen LogP contribution in [-0.2, 0) is 16.6 Å². The van der Waals surface area contributed by atoms with Gasteiger partial charge in [0.15, 0.2) is 5.58 Å². The maximum Gasteiger partial charge on any atom is 0.417 e. The van der Waals surface area contributed by atoms with E-state index >= 15 is 0 Å². The molecule has 1 fully saturated rings. The Morgan fingerprint density at radius 3 is 2.76 bits per heavy atom. The first-order valence-electron chi connectivity index (χ1n) is 9.98. The van der Waals surface area contributed by atoms with E-state index in [4.69, 9.17) is 4.42 Å². The molecule has 0 bridgehead atoms. The summed E-state index contributed by atoms with van der Waals surface area (Å²) in [7, 11) is 4.02. The number of oxazole rings is 1. The number of benzene rings is 2. The first-order valence-corrected chi connectivity index (χ1v) is 9.98. The van der Waals surface area contributed by atoms with Crippen molar-refractivity contribution in [2.75, 3.05) is 20.6 Å². The van der Waals surface area contributed by atoms with Gasteiger partial charge >= 0.3 is 5.76 Å². The van der Waals surface area contributed by atoms with Gasteiger partial charge in [0, 0.05) is 23.9 Å². The lowest BCUT2D eigenvalue weighted by molar-refractivity contribution is -0.122. The molecule has 3 atom stereocenters. The maximum absolute atomic E-state index is 12.8. The van der Waals surface area contributed by atoms with Crippen LogP contribution in [0.3, 0.4) is 0 Å². The number of amides is 1. The summed E-state index contributed by atoms with van der Waals surface area (Å²) in [5, 5.41) is 3.15. The Bertz CT molecular complexity index is 1070. The first-order chi connectivity index (χ1) is 13.9. The third kappa shape index (κ3) is 3.98. The van der Waals surface area contributed by atoms with Gasteiger partial charge in [0.05, 0.1) is 5.52 Å². The molecule has 6 heteroatoms. The van der Waals surface area contributed by atoms with Crippen LogP contribution < -0.4 is 11.1 Å². The molecular formula is C23H27N3O3. The summed E-state index contributed by atoms with van der Waals surface area (Å²) < 4.78 is 5.16. The van der Waals surface area contributed by atoms with Gasteiger partial charge in [0.2, 0.25) is 5.91 Å². The van der Waals surface area contributed by atoms with Gasteiger partial charge in [0.25, 0.3) is 0 Å². The molecule has 1 heterocycles. The predicted octanol–water partition coefficient (Wildman–Crippen LogP) is 2.69. The van der Waals surface area contributed by atoms with Crippen molar-refractivity contribution in [2.24, 2.45) is 5.92 Å². The van der Waals surface area contributed by atoms with Crippen LogP contribution in [-0.4, -0.2) is 42.5 Å². The smallest absolute Gasteiger partial charge is 0.408 e. The summed E-state index contributed by atoms with van der Waals surface area (Å²) in [5.41, 5.74) is 3.49. The molecule has 0 unspecified atom stereocenters. The molecular weight excluding hydrogens is 366 g/mol. The third-order valence-electron chi connectivity index (χ3n) is 6.19. The average molecular weight is 393 g/mol. The largest absolute Gasteiger partial charge is 0.417 e. The minimum absolute atomic E-state index is 0.0261. The molecule has 3 aromatic rings. The van der Waals surface area contributed by atoms with Gasteiger partial charge in [-0.15, -0.1) is 0 Å². The molecule has 4 rings (SSSR count). The van der Waals surface area contributed by atoms with Crippen LogP contribution in [0.2, 0.25) is 0 Å². The Kier molecular flexibility index (Phi) is 5.04. The molecule has 29 heavy (non-hydrogen) atoms. The normalized spacial score (nSPS) is 22.0. The number of aromatic amines is 1. The Balaban J connectivity index is 1.38. The SMILES string of the molecule is CN(C)[C@H](CNC(=O)[C@@H]1C[C@@]1(C)c1ccccc1)Cc1ccc2[nH]c(=O)oc2c1. The number of nitrogens with zero attached hydrogens (tertiary/aromatic N) is 1. The molecule has 1 aliphatic rings. The molecule has 152 valence electrons. The highest BCUT2D eigenvalue weighted by Gasteiger charge is 2.55. The summed E-state index contributed by atoms with van der Waals surface area (Å²) in [6, 6.07) is 16.1. The molecule has 6 nitrogen and oxygen atoms in total. The summed E-state index contributed by atoms with van der Waals surface area (Å²) >= 11 is 0. The number of rotatable bonds is 7. The molecule has 1 amide bonds. The van der Waals surface area contributed by atoms with Gasteiger partial charge in [-0.2, -0.15) is 0 Å². The number of hydrogen-bond acceptors (Lipinski definition) is 4. The van der Waals surface area contributed by atoms with Crippen molar-refractivity contribution in [3.8, 4) is 0 Å². The van der Waals surface area contributed by atoms with Crippen molar-refractivity contribution in [3.05, 3.63) is 70.2 Å². The summed E-state index contributed by atoms with van der Waals surface area (Å²) in [5.74, 6) is -0.298. The molecule has 0 saturated heterocycles. The molecule has 2 aromatic carbocycles. The lowest BCUT2D eigenvalue weighted by Crippen LogP contribution is -2.42. The Labute approximate surface area is 169 Å². The van der Waals surface area contributed by atoms with E-state index in [0.29, 0.717) is 17.6 Å². The number of aromatic nitrogens is 1. The number of nitrogens with one attached hydrogen (secondary N) is 2. The van der Waals surface area contributed by atoms with E-state index < -0.39 is 5.76 Å². The molecule has 0 radical (unpaired) electrons. The molecule has 1 aromatic heterocycles. The zero-order valence-electron chi connectivity index (χ0n) is 17.1. The first kappa shape index (κ1) is 19.5. The van der Waals surface area contributed by atoms with Crippen molar-refractivity contribution in [1.82, 2.24) is 15.2 Å². The molecule has 1 aliphatic carbocycles. The van der Waals surface area contributed by atoms with E-state index in [9.17, 15) is 9.59 Å². The Morgan fingerprint density at radius 1 is 1.28 bits per heavy atom. The Hall–Kier alpha value is -2.86. The van der Waals surface area contributed by atoms with Crippen molar-refractivity contribution in [3.63, 3.8) is 0 Å².